The number of halogens is 1. The van der Waals surface area contributed by atoms with Crippen molar-refractivity contribution in [1.29, 1.82) is 0 Å². The van der Waals surface area contributed by atoms with E-state index >= 15 is 0 Å². The molecule has 1 aromatic heterocycles. The number of nitrogens with one attached hydrogen (secondary N) is 1. The third-order valence-corrected chi connectivity index (χ3v) is 5.26. The maximum Gasteiger partial charge on any atom is 0.184 e. The van der Waals surface area contributed by atoms with E-state index in [1.165, 1.54) is 29.0 Å². The Balaban J connectivity index is 1.80. The molecule has 0 aliphatic carbocycles. The standard InChI is InChI=1S/C12H13ClN2S2/c13-8-3-4-11-10(6-8)15-12(17-11)14-9-2-1-5-16-7-9/h3-4,6,9H,1-2,5,7H2,(H,14,15). The first-order valence-corrected chi connectivity index (χ1v) is 8.06. The normalized spacial score (nSPS) is 20.6. The molecule has 2 nitrogen and oxygen atoms in total. The molecule has 3 rings (SSSR count). The van der Waals surface area contributed by atoms with E-state index in [0.29, 0.717) is 6.04 Å². The maximum absolute atomic E-state index is 5.96. The van der Waals surface area contributed by atoms with E-state index in [0.717, 1.165) is 15.7 Å². The minimum atomic E-state index is 0.574. The van der Waals surface area contributed by atoms with E-state index in [9.17, 15) is 0 Å². The minimum Gasteiger partial charge on any atom is -0.358 e. The first-order valence-electron chi connectivity index (χ1n) is 5.71. The number of fused-ring (bicyclic) bond motifs is 1. The molecule has 1 atom stereocenters. The van der Waals surface area contributed by atoms with Gasteiger partial charge in [-0.1, -0.05) is 22.9 Å². The second-order valence-corrected chi connectivity index (χ2v) is 6.81. The SMILES string of the molecule is Clc1ccc2sc(NC3CCCSC3)nc2c1. The molecule has 5 heteroatoms. The third kappa shape index (κ3) is 2.69. The lowest BCUT2D eigenvalue weighted by Crippen LogP contribution is -2.25. The molecule has 17 heavy (non-hydrogen) atoms. The molecule has 2 heterocycles. The van der Waals surface area contributed by atoms with Crippen LogP contribution in [0.25, 0.3) is 10.2 Å². The van der Waals surface area contributed by atoms with Crippen LogP contribution in [0.3, 0.4) is 0 Å². The number of hydrogen-bond acceptors (Lipinski definition) is 4. The molecule has 0 spiro atoms. The van der Waals surface area contributed by atoms with Gasteiger partial charge in [0, 0.05) is 16.8 Å². The first kappa shape index (κ1) is 11.6. The van der Waals surface area contributed by atoms with Crippen molar-refractivity contribution in [2.45, 2.75) is 18.9 Å². The number of thiazole rings is 1. The van der Waals surface area contributed by atoms with E-state index in [2.05, 4.69) is 10.3 Å². The lowest BCUT2D eigenvalue weighted by molar-refractivity contribution is 0.685. The zero-order valence-corrected chi connectivity index (χ0v) is 11.7. The quantitative estimate of drug-likeness (QED) is 0.892. The van der Waals surface area contributed by atoms with Crippen LogP contribution in [0, 0.1) is 0 Å². The Kier molecular flexibility index (Phi) is 3.45. The summed E-state index contributed by atoms with van der Waals surface area (Å²) in [6.07, 6.45) is 2.56. The summed E-state index contributed by atoms with van der Waals surface area (Å²) in [6, 6.07) is 6.46. The van der Waals surface area contributed by atoms with Gasteiger partial charge in [-0.05, 0) is 36.8 Å². The van der Waals surface area contributed by atoms with Crippen molar-refractivity contribution in [3.05, 3.63) is 23.2 Å². The summed E-state index contributed by atoms with van der Waals surface area (Å²) in [7, 11) is 0. The molecule has 0 bridgehead atoms. The van der Waals surface area contributed by atoms with Crippen LogP contribution < -0.4 is 5.32 Å². The molecule has 0 amide bonds. The highest BCUT2D eigenvalue weighted by Crippen LogP contribution is 2.29. The Labute approximate surface area is 114 Å². The third-order valence-electron chi connectivity index (χ3n) is 2.84. The smallest absolute Gasteiger partial charge is 0.184 e. The van der Waals surface area contributed by atoms with E-state index < -0.39 is 0 Å². The van der Waals surface area contributed by atoms with E-state index in [-0.39, 0.29) is 0 Å². The molecule has 0 saturated carbocycles. The van der Waals surface area contributed by atoms with Gasteiger partial charge in [0.05, 0.1) is 10.2 Å². The van der Waals surface area contributed by atoms with Crippen LogP contribution in [0.2, 0.25) is 5.02 Å². The Morgan fingerprint density at radius 1 is 1.41 bits per heavy atom. The largest absolute Gasteiger partial charge is 0.358 e. The molecule has 1 N–H and O–H groups in total. The van der Waals surface area contributed by atoms with Crippen molar-refractivity contribution in [2.75, 3.05) is 16.8 Å². The highest BCUT2D eigenvalue weighted by Gasteiger charge is 2.15. The van der Waals surface area contributed by atoms with Crippen molar-refractivity contribution in [3.8, 4) is 0 Å². The molecule has 1 unspecified atom stereocenters. The fourth-order valence-corrected chi connectivity index (χ4v) is 4.15. The molecule has 1 saturated heterocycles. The number of nitrogens with zero attached hydrogens (tertiary/aromatic N) is 1. The maximum atomic E-state index is 5.96. The van der Waals surface area contributed by atoms with Gasteiger partial charge in [-0.2, -0.15) is 11.8 Å². The van der Waals surface area contributed by atoms with E-state index in [1.807, 2.05) is 30.0 Å². The Morgan fingerprint density at radius 3 is 3.18 bits per heavy atom. The van der Waals surface area contributed by atoms with Gasteiger partial charge in [-0.25, -0.2) is 4.98 Å². The molecule has 2 aromatic rings. The van der Waals surface area contributed by atoms with Crippen molar-refractivity contribution in [3.63, 3.8) is 0 Å². The van der Waals surface area contributed by atoms with Gasteiger partial charge in [0.15, 0.2) is 5.13 Å². The van der Waals surface area contributed by atoms with Crippen molar-refractivity contribution < 1.29 is 0 Å². The second kappa shape index (κ2) is 5.04. The predicted molar refractivity (Wildman–Crippen MR) is 78.6 cm³/mol. The van der Waals surface area contributed by atoms with Crippen LogP contribution in [-0.4, -0.2) is 22.5 Å². The van der Waals surface area contributed by atoms with Crippen LogP contribution in [-0.2, 0) is 0 Å². The number of benzene rings is 1. The molecule has 90 valence electrons. The lowest BCUT2D eigenvalue weighted by atomic mass is 10.2. The average Bonchev–Trinajstić information content (AvgIpc) is 2.71. The Bertz CT molecular complexity index is 520. The summed E-state index contributed by atoms with van der Waals surface area (Å²) in [6.45, 7) is 0. The number of hydrogen-bond donors (Lipinski definition) is 1. The minimum absolute atomic E-state index is 0.574. The van der Waals surface area contributed by atoms with Gasteiger partial charge < -0.3 is 5.32 Å². The van der Waals surface area contributed by atoms with Gasteiger partial charge >= 0.3 is 0 Å². The topological polar surface area (TPSA) is 24.9 Å². The van der Waals surface area contributed by atoms with Crippen molar-refractivity contribution in [1.82, 2.24) is 4.98 Å². The fourth-order valence-electron chi connectivity index (χ4n) is 1.99. The molecule has 1 aliphatic heterocycles. The Hall–Kier alpha value is -0.450. The molecule has 1 aromatic carbocycles. The van der Waals surface area contributed by atoms with Gasteiger partial charge in [0.1, 0.15) is 0 Å². The molecular weight excluding hydrogens is 272 g/mol. The van der Waals surface area contributed by atoms with Gasteiger partial charge in [0.2, 0.25) is 0 Å². The monoisotopic (exact) mass is 284 g/mol. The molecule has 0 radical (unpaired) electrons. The zero-order valence-electron chi connectivity index (χ0n) is 9.28. The highest BCUT2D eigenvalue weighted by atomic mass is 35.5. The van der Waals surface area contributed by atoms with E-state index in [4.69, 9.17) is 11.6 Å². The molecule has 1 fully saturated rings. The second-order valence-electron chi connectivity index (χ2n) is 4.19. The Morgan fingerprint density at radius 2 is 2.35 bits per heavy atom. The van der Waals surface area contributed by atoms with Crippen LogP contribution in [0.5, 0.6) is 0 Å². The van der Waals surface area contributed by atoms with Crippen LogP contribution in [0.15, 0.2) is 18.2 Å². The number of rotatable bonds is 2. The highest BCUT2D eigenvalue weighted by molar-refractivity contribution is 7.99. The lowest BCUT2D eigenvalue weighted by Gasteiger charge is -2.21. The molecular formula is C12H13ClN2S2. The summed E-state index contributed by atoms with van der Waals surface area (Å²) in [5.41, 5.74) is 0.994. The van der Waals surface area contributed by atoms with Gasteiger partial charge in [0.25, 0.3) is 0 Å². The summed E-state index contributed by atoms with van der Waals surface area (Å²) < 4.78 is 1.19. The van der Waals surface area contributed by atoms with Crippen LogP contribution >= 0.6 is 34.7 Å². The van der Waals surface area contributed by atoms with E-state index in [1.54, 1.807) is 11.3 Å². The summed E-state index contributed by atoms with van der Waals surface area (Å²) in [5, 5.41) is 5.31. The fraction of sp³-hybridized carbons (Fsp3) is 0.417. The summed E-state index contributed by atoms with van der Waals surface area (Å²) in [5.74, 6) is 2.49. The zero-order chi connectivity index (χ0) is 11.7. The molecule has 1 aliphatic rings. The van der Waals surface area contributed by atoms with Crippen molar-refractivity contribution in [2.24, 2.45) is 0 Å². The summed E-state index contributed by atoms with van der Waals surface area (Å²) >= 11 is 9.70. The van der Waals surface area contributed by atoms with Gasteiger partial charge in [-0.15, -0.1) is 0 Å². The number of anilines is 1. The number of thioether (sulfide) groups is 1. The summed E-state index contributed by atoms with van der Waals surface area (Å²) in [4.78, 5) is 4.58. The van der Waals surface area contributed by atoms with Crippen molar-refractivity contribution >= 4 is 50.0 Å². The van der Waals surface area contributed by atoms with Crippen LogP contribution in [0.4, 0.5) is 5.13 Å². The van der Waals surface area contributed by atoms with Gasteiger partial charge in [-0.3, -0.25) is 0 Å². The average molecular weight is 285 g/mol. The first-order chi connectivity index (χ1) is 8.31. The van der Waals surface area contributed by atoms with Crippen LogP contribution in [0.1, 0.15) is 12.8 Å². The predicted octanol–water partition coefficient (Wildman–Crippen LogP) is 4.26. The number of aromatic nitrogens is 1.